The van der Waals surface area contributed by atoms with Gasteiger partial charge in [0.1, 0.15) is 5.54 Å². The molecular weight excluding hydrogens is 273 g/mol. The second kappa shape index (κ2) is 5.19. The van der Waals surface area contributed by atoms with Crippen LogP contribution in [-0.4, -0.2) is 18.3 Å². The molecule has 1 aromatic carbocycles. The Morgan fingerprint density at radius 3 is 2.68 bits per heavy atom. The van der Waals surface area contributed by atoms with E-state index in [0.29, 0.717) is 18.4 Å². The van der Waals surface area contributed by atoms with Gasteiger partial charge in [0.25, 0.3) is 0 Å². The first kappa shape index (κ1) is 13.8. The van der Waals surface area contributed by atoms with Crippen molar-refractivity contribution in [3.05, 3.63) is 22.5 Å². The average Bonchev–Trinajstić information content (AvgIpc) is 2.84. The number of halogens is 2. The molecule has 0 saturated heterocycles. The normalized spacial score (nSPS) is 17.0. The summed E-state index contributed by atoms with van der Waals surface area (Å²) in [4.78, 5) is 14.5. The summed E-state index contributed by atoms with van der Waals surface area (Å²) in [6.45, 7) is 0. The zero-order chi connectivity index (χ0) is 14.0. The lowest BCUT2D eigenvalue weighted by Gasteiger charge is -2.25. The van der Waals surface area contributed by atoms with Gasteiger partial charge in [-0.3, -0.25) is 0 Å². The third-order valence-corrected chi connectivity index (χ3v) is 3.82. The number of methoxy groups -OCH3 is 1. The fraction of sp³-hybridized carbons (Fsp3) is 0.462. The number of isocyanates is 1. The van der Waals surface area contributed by atoms with Crippen molar-refractivity contribution in [2.75, 3.05) is 7.11 Å². The molecule has 0 radical (unpaired) electrons. The zero-order valence-electron chi connectivity index (χ0n) is 10.4. The summed E-state index contributed by atoms with van der Waals surface area (Å²) in [7, 11) is 1.24. The van der Waals surface area contributed by atoms with Gasteiger partial charge in [0.05, 0.1) is 12.1 Å². The van der Waals surface area contributed by atoms with Crippen molar-refractivity contribution in [3.8, 4) is 11.5 Å². The first-order valence-electron chi connectivity index (χ1n) is 5.90. The molecule has 19 heavy (non-hydrogen) atoms. The second-order valence-electron chi connectivity index (χ2n) is 4.54. The molecule has 102 valence electrons. The van der Waals surface area contributed by atoms with E-state index in [1.165, 1.54) is 19.3 Å². The van der Waals surface area contributed by atoms with E-state index >= 15 is 0 Å². The van der Waals surface area contributed by atoms with Crippen LogP contribution in [0.3, 0.4) is 0 Å². The molecule has 1 fully saturated rings. The monoisotopic (exact) mass is 285 g/mol. The number of hydrogen-bond acceptors (Lipinski definition) is 4. The summed E-state index contributed by atoms with van der Waals surface area (Å²) in [5, 5.41) is 9.96. The minimum atomic E-state index is -0.879. The minimum Gasteiger partial charge on any atom is -0.504 e. The predicted molar refractivity (Wildman–Crippen MR) is 67.9 cm³/mol. The van der Waals surface area contributed by atoms with Gasteiger partial charge >= 0.3 is 0 Å². The van der Waals surface area contributed by atoms with Gasteiger partial charge in [-0.2, -0.15) is 4.99 Å². The Bertz CT molecular complexity index is 549. The van der Waals surface area contributed by atoms with Crippen LogP contribution in [0.5, 0.6) is 11.5 Å². The molecule has 0 atom stereocenters. The summed E-state index contributed by atoms with van der Waals surface area (Å²) < 4.78 is 18.5. The van der Waals surface area contributed by atoms with Gasteiger partial charge in [-0.05, 0) is 18.9 Å². The Morgan fingerprint density at radius 1 is 1.53 bits per heavy atom. The van der Waals surface area contributed by atoms with Gasteiger partial charge in [-0.25, -0.2) is 9.18 Å². The van der Waals surface area contributed by atoms with Crippen LogP contribution < -0.4 is 4.74 Å². The molecule has 1 aromatic rings. The number of phenols is 1. The second-order valence-corrected chi connectivity index (χ2v) is 4.95. The number of benzene rings is 1. The van der Waals surface area contributed by atoms with Crippen molar-refractivity contribution in [1.29, 1.82) is 0 Å². The number of ether oxygens (including phenoxy) is 1. The summed E-state index contributed by atoms with van der Waals surface area (Å²) in [5.41, 5.74) is -0.562. The molecule has 0 heterocycles. The van der Waals surface area contributed by atoms with Crippen molar-refractivity contribution in [2.24, 2.45) is 4.99 Å². The Kier molecular flexibility index (Phi) is 3.78. The van der Waals surface area contributed by atoms with Crippen molar-refractivity contribution >= 4 is 17.7 Å². The molecule has 0 spiro atoms. The Labute approximate surface area is 114 Å². The number of carbonyl (C=O) groups excluding carboxylic acids is 1. The van der Waals surface area contributed by atoms with E-state index < -0.39 is 11.4 Å². The minimum absolute atomic E-state index is 0.169. The lowest BCUT2D eigenvalue weighted by molar-refractivity contribution is 0.337. The number of aromatic hydroxyl groups is 1. The molecule has 6 heteroatoms. The van der Waals surface area contributed by atoms with Crippen LogP contribution in [0.15, 0.2) is 11.1 Å². The highest BCUT2D eigenvalue weighted by Gasteiger charge is 2.39. The summed E-state index contributed by atoms with van der Waals surface area (Å²) in [6.07, 6.45) is 4.43. The maximum Gasteiger partial charge on any atom is 0.235 e. The van der Waals surface area contributed by atoms with Crippen molar-refractivity contribution in [2.45, 2.75) is 31.2 Å². The Hall–Kier alpha value is -1.58. The standard InChI is InChI=1S/C13H13ClFNO3/c1-19-12-10(15)9(14)6-8(11(12)18)13(16-7-17)4-2-3-5-13/h6,18H,2-5H2,1H3. The van der Waals surface area contributed by atoms with Crippen molar-refractivity contribution in [3.63, 3.8) is 0 Å². The highest BCUT2D eigenvalue weighted by atomic mass is 35.5. The lowest BCUT2D eigenvalue weighted by Crippen LogP contribution is -2.19. The molecule has 0 amide bonds. The maximum atomic E-state index is 13.7. The summed E-state index contributed by atoms with van der Waals surface area (Å²) in [6, 6.07) is 1.31. The first-order valence-corrected chi connectivity index (χ1v) is 6.28. The maximum absolute atomic E-state index is 13.7. The van der Waals surface area contributed by atoms with E-state index in [2.05, 4.69) is 4.99 Å². The van der Waals surface area contributed by atoms with Gasteiger partial charge in [0.2, 0.25) is 6.08 Å². The molecule has 4 nitrogen and oxygen atoms in total. The summed E-state index contributed by atoms with van der Waals surface area (Å²) in [5.74, 6) is -1.51. The van der Waals surface area contributed by atoms with E-state index in [1.807, 2.05) is 0 Å². The molecule has 1 aliphatic rings. The van der Waals surface area contributed by atoms with Gasteiger partial charge < -0.3 is 9.84 Å². The lowest BCUT2D eigenvalue weighted by atomic mass is 9.88. The molecule has 0 aromatic heterocycles. The predicted octanol–water partition coefficient (Wildman–Crippen LogP) is 3.30. The molecule has 1 saturated carbocycles. The molecule has 0 unspecified atom stereocenters. The molecule has 1 aliphatic carbocycles. The van der Waals surface area contributed by atoms with Crippen LogP contribution in [0.2, 0.25) is 5.02 Å². The van der Waals surface area contributed by atoms with Crippen LogP contribution in [0.4, 0.5) is 4.39 Å². The van der Waals surface area contributed by atoms with E-state index in [9.17, 15) is 14.3 Å². The van der Waals surface area contributed by atoms with Crippen LogP contribution in [0.25, 0.3) is 0 Å². The molecule has 2 rings (SSSR count). The average molecular weight is 286 g/mol. The quantitative estimate of drug-likeness (QED) is 0.685. The number of rotatable bonds is 3. The zero-order valence-corrected chi connectivity index (χ0v) is 11.1. The highest BCUT2D eigenvalue weighted by molar-refractivity contribution is 6.31. The van der Waals surface area contributed by atoms with Gasteiger partial charge in [-0.15, -0.1) is 0 Å². The smallest absolute Gasteiger partial charge is 0.235 e. The highest BCUT2D eigenvalue weighted by Crippen LogP contribution is 2.49. The summed E-state index contributed by atoms with van der Waals surface area (Å²) >= 11 is 5.80. The van der Waals surface area contributed by atoms with E-state index in [4.69, 9.17) is 16.3 Å². The third kappa shape index (κ3) is 2.20. The van der Waals surface area contributed by atoms with Gasteiger partial charge in [-0.1, -0.05) is 24.4 Å². The van der Waals surface area contributed by atoms with Crippen LogP contribution in [0, 0.1) is 5.82 Å². The first-order chi connectivity index (χ1) is 9.05. The Balaban J connectivity index is 2.67. The van der Waals surface area contributed by atoms with Crippen LogP contribution in [0.1, 0.15) is 31.2 Å². The third-order valence-electron chi connectivity index (χ3n) is 3.55. The van der Waals surface area contributed by atoms with Gasteiger partial charge in [0.15, 0.2) is 17.3 Å². The van der Waals surface area contributed by atoms with Crippen molar-refractivity contribution < 1.29 is 19.0 Å². The molecule has 1 N–H and O–H groups in total. The van der Waals surface area contributed by atoms with E-state index in [0.717, 1.165) is 12.8 Å². The molecular formula is C13H13ClFNO3. The molecule has 0 aliphatic heterocycles. The molecule has 0 bridgehead atoms. The van der Waals surface area contributed by atoms with E-state index in [1.54, 1.807) is 0 Å². The number of nitrogens with zero attached hydrogens (tertiary/aromatic N) is 1. The Morgan fingerprint density at radius 2 is 2.16 bits per heavy atom. The fourth-order valence-corrected chi connectivity index (χ4v) is 2.82. The van der Waals surface area contributed by atoms with Crippen molar-refractivity contribution in [1.82, 2.24) is 0 Å². The number of aliphatic imine (C=N–C) groups is 1. The van der Waals surface area contributed by atoms with Gasteiger partial charge in [0, 0.05) is 5.56 Å². The number of phenolic OH excluding ortho intramolecular Hbond substituents is 1. The topological polar surface area (TPSA) is 58.9 Å². The largest absolute Gasteiger partial charge is 0.504 e. The fourth-order valence-electron chi connectivity index (χ4n) is 2.62. The van der Waals surface area contributed by atoms with Crippen LogP contribution in [-0.2, 0) is 10.3 Å². The van der Waals surface area contributed by atoms with Crippen LogP contribution >= 0.6 is 11.6 Å². The SMILES string of the molecule is COc1c(O)c(C2(N=C=O)CCCC2)cc(Cl)c1F. The number of hydrogen-bond donors (Lipinski definition) is 1. The van der Waals surface area contributed by atoms with E-state index in [-0.39, 0.29) is 16.5 Å².